The standard InChI is InChI=1S/C8H16N4O3/c1-5(2)11-6(13)3-10-4-7(14)12-8(9)15/h5,10H,3-4H2,1-2H3,(H,11,13)(H3,9,12,14,15). The average Bonchev–Trinajstić information content (AvgIpc) is 2.00. The van der Waals surface area contributed by atoms with Crippen LogP contribution in [0.25, 0.3) is 0 Å². The molecule has 5 N–H and O–H groups in total. The lowest BCUT2D eigenvalue weighted by Crippen LogP contribution is -2.44. The van der Waals surface area contributed by atoms with Crippen LogP contribution in [0.5, 0.6) is 0 Å². The van der Waals surface area contributed by atoms with Gasteiger partial charge in [-0.1, -0.05) is 0 Å². The molecule has 0 aliphatic heterocycles. The molecule has 0 rings (SSSR count). The second-order valence-electron chi connectivity index (χ2n) is 3.24. The van der Waals surface area contributed by atoms with E-state index in [-0.39, 0.29) is 25.0 Å². The summed E-state index contributed by atoms with van der Waals surface area (Å²) < 4.78 is 0. The van der Waals surface area contributed by atoms with Crippen LogP contribution in [0.1, 0.15) is 13.8 Å². The van der Waals surface area contributed by atoms with Gasteiger partial charge in [-0.05, 0) is 13.8 Å². The summed E-state index contributed by atoms with van der Waals surface area (Å²) in [6.07, 6.45) is 0. The Kier molecular flexibility index (Phi) is 6.03. The molecular weight excluding hydrogens is 200 g/mol. The fourth-order valence-electron chi connectivity index (χ4n) is 0.844. The van der Waals surface area contributed by atoms with Gasteiger partial charge in [-0.3, -0.25) is 20.2 Å². The van der Waals surface area contributed by atoms with E-state index < -0.39 is 11.9 Å². The lowest BCUT2D eigenvalue weighted by atomic mass is 10.4. The minimum atomic E-state index is -0.909. The summed E-state index contributed by atoms with van der Waals surface area (Å²) in [6.45, 7) is 3.55. The zero-order valence-corrected chi connectivity index (χ0v) is 8.79. The molecule has 15 heavy (non-hydrogen) atoms. The predicted octanol–water partition coefficient (Wildman–Crippen LogP) is -1.70. The number of urea groups is 1. The number of hydrogen-bond acceptors (Lipinski definition) is 4. The Morgan fingerprint density at radius 2 is 1.67 bits per heavy atom. The first-order chi connectivity index (χ1) is 6.91. The van der Waals surface area contributed by atoms with Crippen molar-refractivity contribution in [3.05, 3.63) is 0 Å². The van der Waals surface area contributed by atoms with E-state index >= 15 is 0 Å². The lowest BCUT2D eigenvalue weighted by Gasteiger charge is -2.08. The summed E-state index contributed by atoms with van der Waals surface area (Å²) >= 11 is 0. The molecule has 0 saturated carbocycles. The van der Waals surface area contributed by atoms with Crippen LogP contribution in [0.2, 0.25) is 0 Å². The number of nitrogens with one attached hydrogen (secondary N) is 3. The minimum absolute atomic E-state index is 0.0182. The zero-order valence-electron chi connectivity index (χ0n) is 8.79. The molecule has 0 aromatic rings. The Balaban J connectivity index is 3.57. The second-order valence-corrected chi connectivity index (χ2v) is 3.24. The molecule has 0 atom stereocenters. The molecule has 0 heterocycles. The summed E-state index contributed by atoms with van der Waals surface area (Å²) in [6, 6.07) is -0.854. The molecule has 0 aromatic heterocycles. The van der Waals surface area contributed by atoms with E-state index in [9.17, 15) is 14.4 Å². The summed E-state index contributed by atoms with van der Waals surface area (Å²) in [4.78, 5) is 32.1. The van der Waals surface area contributed by atoms with Gasteiger partial charge in [0.15, 0.2) is 0 Å². The van der Waals surface area contributed by atoms with Gasteiger partial charge < -0.3 is 11.1 Å². The molecule has 0 unspecified atom stereocenters. The van der Waals surface area contributed by atoms with E-state index in [0.717, 1.165) is 0 Å². The van der Waals surface area contributed by atoms with Crippen LogP contribution >= 0.6 is 0 Å². The monoisotopic (exact) mass is 216 g/mol. The van der Waals surface area contributed by atoms with Gasteiger partial charge in [-0.2, -0.15) is 0 Å². The molecule has 0 aliphatic carbocycles. The normalized spacial score (nSPS) is 9.80. The van der Waals surface area contributed by atoms with Crippen LogP contribution in [-0.2, 0) is 9.59 Å². The molecular formula is C8H16N4O3. The molecule has 86 valence electrons. The molecule has 0 fully saturated rings. The number of primary amides is 1. The minimum Gasteiger partial charge on any atom is -0.353 e. The smallest absolute Gasteiger partial charge is 0.318 e. The number of imide groups is 1. The zero-order chi connectivity index (χ0) is 11.8. The van der Waals surface area contributed by atoms with Crippen molar-refractivity contribution in [2.45, 2.75) is 19.9 Å². The van der Waals surface area contributed by atoms with Crippen molar-refractivity contribution < 1.29 is 14.4 Å². The van der Waals surface area contributed by atoms with E-state index in [2.05, 4.69) is 10.6 Å². The van der Waals surface area contributed by atoms with Gasteiger partial charge in [0.1, 0.15) is 0 Å². The van der Waals surface area contributed by atoms with E-state index in [0.29, 0.717) is 0 Å². The summed E-state index contributed by atoms with van der Waals surface area (Å²) in [5.74, 6) is -0.781. The molecule has 7 nitrogen and oxygen atoms in total. The first-order valence-corrected chi connectivity index (χ1v) is 4.51. The van der Waals surface area contributed by atoms with Crippen molar-refractivity contribution in [2.24, 2.45) is 5.73 Å². The van der Waals surface area contributed by atoms with Crippen LogP contribution < -0.4 is 21.7 Å². The Morgan fingerprint density at radius 3 is 2.13 bits per heavy atom. The molecule has 7 heteroatoms. The van der Waals surface area contributed by atoms with Crippen molar-refractivity contribution in [1.82, 2.24) is 16.0 Å². The lowest BCUT2D eigenvalue weighted by molar-refractivity contribution is -0.121. The van der Waals surface area contributed by atoms with Crippen molar-refractivity contribution in [3.8, 4) is 0 Å². The van der Waals surface area contributed by atoms with E-state index in [1.807, 2.05) is 19.2 Å². The highest BCUT2D eigenvalue weighted by Crippen LogP contribution is 1.75. The van der Waals surface area contributed by atoms with Crippen molar-refractivity contribution in [3.63, 3.8) is 0 Å². The third kappa shape index (κ3) is 8.69. The number of nitrogens with two attached hydrogens (primary N) is 1. The average molecular weight is 216 g/mol. The van der Waals surface area contributed by atoms with Crippen molar-refractivity contribution in [1.29, 1.82) is 0 Å². The molecule has 0 saturated heterocycles. The highest BCUT2D eigenvalue weighted by molar-refractivity contribution is 5.94. The molecule has 0 spiro atoms. The molecule has 4 amide bonds. The number of carbonyl (C=O) groups is 3. The van der Waals surface area contributed by atoms with Crippen LogP contribution in [0.15, 0.2) is 0 Å². The van der Waals surface area contributed by atoms with Gasteiger partial charge in [0.2, 0.25) is 11.8 Å². The Bertz CT molecular complexity index is 252. The molecule has 0 bridgehead atoms. The van der Waals surface area contributed by atoms with Gasteiger partial charge in [-0.25, -0.2) is 4.79 Å². The maximum absolute atomic E-state index is 11.1. The Hall–Kier alpha value is -1.63. The summed E-state index contributed by atoms with van der Waals surface area (Å²) in [7, 11) is 0. The summed E-state index contributed by atoms with van der Waals surface area (Å²) in [5, 5.41) is 7.06. The fourth-order valence-corrected chi connectivity index (χ4v) is 0.844. The van der Waals surface area contributed by atoms with Crippen LogP contribution in [0, 0.1) is 0 Å². The Morgan fingerprint density at radius 1 is 1.13 bits per heavy atom. The van der Waals surface area contributed by atoms with Gasteiger partial charge in [0.05, 0.1) is 13.1 Å². The quantitative estimate of drug-likeness (QED) is 0.438. The topological polar surface area (TPSA) is 113 Å². The first kappa shape index (κ1) is 13.4. The van der Waals surface area contributed by atoms with E-state index in [1.54, 1.807) is 0 Å². The second kappa shape index (κ2) is 6.77. The van der Waals surface area contributed by atoms with E-state index in [1.165, 1.54) is 0 Å². The molecule has 0 radical (unpaired) electrons. The SMILES string of the molecule is CC(C)NC(=O)CNCC(=O)NC(N)=O. The van der Waals surface area contributed by atoms with Crippen molar-refractivity contribution in [2.75, 3.05) is 13.1 Å². The fraction of sp³-hybridized carbons (Fsp3) is 0.625. The number of rotatable bonds is 5. The van der Waals surface area contributed by atoms with Crippen LogP contribution in [0.4, 0.5) is 4.79 Å². The molecule has 0 aliphatic rings. The number of amides is 4. The van der Waals surface area contributed by atoms with Gasteiger partial charge >= 0.3 is 6.03 Å². The third-order valence-corrected chi connectivity index (χ3v) is 1.28. The largest absolute Gasteiger partial charge is 0.353 e. The third-order valence-electron chi connectivity index (χ3n) is 1.28. The summed E-state index contributed by atoms with van der Waals surface area (Å²) in [5.41, 5.74) is 4.71. The van der Waals surface area contributed by atoms with Crippen LogP contribution in [-0.4, -0.2) is 37.0 Å². The first-order valence-electron chi connectivity index (χ1n) is 4.51. The highest BCUT2D eigenvalue weighted by atomic mass is 16.2. The number of carbonyl (C=O) groups excluding carboxylic acids is 3. The van der Waals surface area contributed by atoms with Crippen LogP contribution in [0.3, 0.4) is 0 Å². The molecule has 0 aromatic carbocycles. The van der Waals surface area contributed by atoms with Gasteiger partial charge in [0, 0.05) is 6.04 Å². The highest BCUT2D eigenvalue weighted by Gasteiger charge is 2.06. The van der Waals surface area contributed by atoms with Crippen molar-refractivity contribution >= 4 is 17.8 Å². The van der Waals surface area contributed by atoms with E-state index in [4.69, 9.17) is 5.73 Å². The maximum Gasteiger partial charge on any atom is 0.318 e. The number of hydrogen-bond donors (Lipinski definition) is 4. The van der Waals surface area contributed by atoms with Gasteiger partial charge in [-0.15, -0.1) is 0 Å². The maximum atomic E-state index is 11.1. The Labute approximate surface area is 87.8 Å². The van der Waals surface area contributed by atoms with Gasteiger partial charge in [0.25, 0.3) is 0 Å². The predicted molar refractivity (Wildman–Crippen MR) is 53.9 cm³/mol.